The predicted octanol–water partition coefficient (Wildman–Crippen LogP) is 0.807. The fourth-order valence-corrected chi connectivity index (χ4v) is 2.78. The number of thioether (sulfide) groups is 1. The number of carboxylic acid groups (broad SMARTS) is 1. The molecule has 22 heavy (non-hydrogen) atoms. The lowest BCUT2D eigenvalue weighted by Crippen LogP contribution is -2.33. The molecular weight excluding hydrogens is 302 g/mol. The number of aromatic nitrogens is 5. The minimum absolute atomic E-state index is 0.463. The molecule has 3 aromatic rings. The van der Waals surface area contributed by atoms with Crippen LogP contribution in [-0.2, 0) is 4.79 Å². The van der Waals surface area contributed by atoms with E-state index >= 15 is 0 Å². The minimum Gasteiger partial charge on any atom is -0.549 e. The lowest BCUT2D eigenvalue weighted by atomic mass is 10.3. The highest BCUT2D eigenvalue weighted by Gasteiger charge is 2.14. The maximum Gasteiger partial charge on any atom is 0.186 e. The number of aliphatic carboxylic acids is 1. The van der Waals surface area contributed by atoms with E-state index in [-0.39, 0.29) is 0 Å². The summed E-state index contributed by atoms with van der Waals surface area (Å²) in [6, 6.07) is 7.15. The first-order valence-electron chi connectivity index (χ1n) is 6.69. The number of carbonyl (C=O) groups is 1. The number of pyridine rings is 1. The van der Waals surface area contributed by atoms with E-state index in [1.54, 1.807) is 42.0 Å². The maximum atomic E-state index is 11.0. The van der Waals surface area contributed by atoms with Crippen molar-refractivity contribution in [1.82, 2.24) is 24.8 Å². The molecule has 0 aliphatic rings. The van der Waals surface area contributed by atoms with Crippen LogP contribution in [0.1, 0.15) is 13.3 Å². The van der Waals surface area contributed by atoms with Crippen LogP contribution in [0.25, 0.3) is 17.0 Å². The van der Waals surface area contributed by atoms with Gasteiger partial charge in [-0.3, -0.25) is 4.98 Å². The Labute approximate surface area is 130 Å². The largest absolute Gasteiger partial charge is 0.549 e. The average Bonchev–Trinajstić information content (AvgIpc) is 2.96. The van der Waals surface area contributed by atoms with Gasteiger partial charge in [-0.05, 0) is 30.7 Å². The molecule has 0 spiro atoms. The van der Waals surface area contributed by atoms with Crippen LogP contribution >= 0.6 is 11.8 Å². The molecule has 8 heteroatoms. The molecule has 0 saturated heterocycles. The molecule has 7 nitrogen and oxygen atoms in total. The summed E-state index contributed by atoms with van der Waals surface area (Å²) in [5.41, 5.74) is 1.38. The Balaban J connectivity index is 2.00. The van der Waals surface area contributed by atoms with Gasteiger partial charge in [-0.2, -0.15) is 9.61 Å². The summed E-state index contributed by atoms with van der Waals surface area (Å²) in [5, 5.41) is 23.6. The highest BCUT2D eigenvalue weighted by Crippen LogP contribution is 2.24. The quantitative estimate of drug-likeness (QED) is 0.643. The van der Waals surface area contributed by atoms with Crippen LogP contribution in [0.4, 0.5) is 0 Å². The van der Waals surface area contributed by atoms with E-state index in [2.05, 4.69) is 20.3 Å². The van der Waals surface area contributed by atoms with Crippen LogP contribution in [0.15, 0.2) is 41.7 Å². The smallest absolute Gasteiger partial charge is 0.186 e. The molecule has 3 rings (SSSR count). The van der Waals surface area contributed by atoms with Crippen molar-refractivity contribution in [2.45, 2.75) is 23.6 Å². The van der Waals surface area contributed by atoms with Gasteiger partial charge in [0.2, 0.25) is 0 Å². The van der Waals surface area contributed by atoms with Crippen molar-refractivity contribution < 1.29 is 9.90 Å². The van der Waals surface area contributed by atoms with E-state index in [1.165, 1.54) is 0 Å². The molecule has 0 radical (unpaired) electrons. The standard InChI is InChI=1S/C14H13N5O2S/c1-2-10(14(20)21)22-12-6-5-11-16-17-13(19(11)18-12)9-4-3-7-15-8-9/h3-8,10H,2H2,1H3,(H,20,21)/p-1/t10-/m0/s1. The van der Waals surface area contributed by atoms with Crippen LogP contribution < -0.4 is 5.11 Å². The summed E-state index contributed by atoms with van der Waals surface area (Å²) < 4.78 is 1.58. The average molecular weight is 314 g/mol. The van der Waals surface area contributed by atoms with Gasteiger partial charge in [-0.25, -0.2) is 0 Å². The first-order valence-corrected chi connectivity index (χ1v) is 7.57. The first kappa shape index (κ1) is 14.5. The van der Waals surface area contributed by atoms with E-state index in [1.807, 2.05) is 6.07 Å². The number of hydrogen-bond acceptors (Lipinski definition) is 7. The number of rotatable bonds is 5. The van der Waals surface area contributed by atoms with Crippen LogP contribution in [0.3, 0.4) is 0 Å². The highest BCUT2D eigenvalue weighted by atomic mass is 32.2. The number of fused-ring (bicyclic) bond motifs is 1. The summed E-state index contributed by atoms with van der Waals surface area (Å²) in [4.78, 5) is 15.1. The number of carboxylic acids is 1. The van der Waals surface area contributed by atoms with E-state index in [9.17, 15) is 9.90 Å². The Morgan fingerprint density at radius 3 is 2.91 bits per heavy atom. The fraction of sp³-hybridized carbons (Fsp3) is 0.214. The molecule has 0 fully saturated rings. The third kappa shape index (κ3) is 2.77. The van der Waals surface area contributed by atoms with Gasteiger partial charge in [0.15, 0.2) is 11.5 Å². The van der Waals surface area contributed by atoms with E-state index in [4.69, 9.17) is 0 Å². The summed E-state index contributed by atoms with van der Waals surface area (Å²) in [7, 11) is 0. The molecule has 0 bridgehead atoms. The summed E-state index contributed by atoms with van der Waals surface area (Å²) >= 11 is 1.15. The normalized spacial score (nSPS) is 12.4. The molecule has 112 valence electrons. The molecule has 3 aromatic heterocycles. The lowest BCUT2D eigenvalue weighted by molar-refractivity contribution is -0.304. The number of carbonyl (C=O) groups excluding carboxylic acids is 1. The lowest BCUT2D eigenvalue weighted by Gasteiger charge is -2.14. The molecule has 0 amide bonds. The van der Waals surface area contributed by atoms with Gasteiger partial charge in [0, 0.05) is 18.0 Å². The molecule has 0 aromatic carbocycles. The van der Waals surface area contributed by atoms with Crippen LogP contribution in [0.2, 0.25) is 0 Å². The molecule has 1 atom stereocenters. The zero-order valence-electron chi connectivity index (χ0n) is 11.7. The molecular formula is C14H12N5O2S-. The van der Waals surface area contributed by atoms with Crippen molar-refractivity contribution in [1.29, 1.82) is 0 Å². The van der Waals surface area contributed by atoms with Crippen molar-refractivity contribution in [3.63, 3.8) is 0 Å². The van der Waals surface area contributed by atoms with Crippen LogP contribution in [-0.4, -0.2) is 36.0 Å². The Morgan fingerprint density at radius 2 is 2.23 bits per heavy atom. The predicted molar refractivity (Wildman–Crippen MR) is 79.0 cm³/mol. The topological polar surface area (TPSA) is 96.1 Å². The molecule has 0 unspecified atom stereocenters. The van der Waals surface area contributed by atoms with E-state index in [0.29, 0.717) is 22.9 Å². The van der Waals surface area contributed by atoms with Crippen molar-refractivity contribution >= 4 is 23.4 Å². The molecule has 0 N–H and O–H groups in total. The van der Waals surface area contributed by atoms with Gasteiger partial charge in [0.25, 0.3) is 0 Å². The fourth-order valence-electron chi connectivity index (χ4n) is 1.95. The minimum atomic E-state index is -1.09. The Bertz CT molecular complexity index is 805. The number of nitrogens with zero attached hydrogens (tertiary/aromatic N) is 5. The van der Waals surface area contributed by atoms with E-state index in [0.717, 1.165) is 17.3 Å². The highest BCUT2D eigenvalue weighted by molar-refractivity contribution is 8.00. The zero-order valence-corrected chi connectivity index (χ0v) is 12.5. The SMILES string of the molecule is CC[C@H](Sc1ccc2nnc(-c3cccnc3)n2n1)C(=O)[O-]. The van der Waals surface area contributed by atoms with Gasteiger partial charge >= 0.3 is 0 Å². The first-order chi connectivity index (χ1) is 10.7. The van der Waals surface area contributed by atoms with Crippen LogP contribution in [0.5, 0.6) is 0 Å². The summed E-state index contributed by atoms with van der Waals surface area (Å²) in [6.07, 6.45) is 3.81. The van der Waals surface area contributed by atoms with Crippen molar-refractivity contribution in [3.8, 4) is 11.4 Å². The van der Waals surface area contributed by atoms with Gasteiger partial charge in [0.1, 0.15) is 5.03 Å². The molecule has 0 aliphatic carbocycles. The van der Waals surface area contributed by atoms with Gasteiger partial charge < -0.3 is 9.90 Å². The second-order valence-electron chi connectivity index (χ2n) is 4.54. The van der Waals surface area contributed by atoms with Crippen molar-refractivity contribution in [2.24, 2.45) is 0 Å². The Kier molecular flexibility index (Phi) is 4.01. The molecule has 3 heterocycles. The van der Waals surface area contributed by atoms with Gasteiger partial charge in [0.05, 0.1) is 11.2 Å². The second kappa shape index (κ2) is 6.10. The third-order valence-electron chi connectivity index (χ3n) is 3.05. The maximum absolute atomic E-state index is 11.0. The second-order valence-corrected chi connectivity index (χ2v) is 5.76. The number of hydrogen-bond donors (Lipinski definition) is 0. The third-order valence-corrected chi connectivity index (χ3v) is 4.32. The van der Waals surface area contributed by atoms with Crippen LogP contribution in [0, 0.1) is 0 Å². The Hall–Kier alpha value is -2.48. The Morgan fingerprint density at radius 1 is 1.36 bits per heavy atom. The van der Waals surface area contributed by atoms with Gasteiger partial charge in [-0.1, -0.05) is 18.7 Å². The molecule has 0 aliphatic heterocycles. The summed E-state index contributed by atoms with van der Waals surface area (Å²) in [6.45, 7) is 1.80. The van der Waals surface area contributed by atoms with Crippen molar-refractivity contribution in [2.75, 3.05) is 0 Å². The van der Waals surface area contributed by atoms with E-state index < -0.39 is 11.2 Å². The van der Waals surface area contributed by atoms with Gasteiger partial charge in [-0.15, -0.1) is 10.2 Å². The molecule has 0 saturated carbocycles. The zero-order chi connectivity index (χ0) is 15.5. The van der Waals surface area contributed by atoms with Crippen molar-refractivity contribution in [3.05, 3.63) is 36.7 Å². The summed E-state index contributed by atoms with van der Waals surface area (Å²) in [5.74, 6) is -0.530. The monoisotopic (exact) mass is 314 g/mol.